The highest BCUT2D eigenvalue weighted by Gasteiger charge is 2.44. The fraction of sp³-hybridized carbons (Fsp3) is 0.786. The van der Waals surface area contributed by atoms with Crippen LogP contribution in [0.1, 0.15) is 32.6 Å². The fourth-order valence-corrected chi connectivity index (χ4v) is 2.87. The van der Waals surface area contributed by atoms with Crippen LogP contribution in [-0.4, -0.2) is 47.9 Å². The minimum atomic E-state index is -4.59. The van der Waals surface area contributed by atoms with Crippen molar-refractivity contribution in [2.24, 2.45) is 5.92 Å². The predicted octanol–water partition coefficient (Wildman–Crippen LogP) is 2.23. The van der Waals surface area contributed by atoms with Crippen molar-refractivity contribution in [3.8, 4) is 0 Å². The van der Waals surface area contributed by atoms with E-state index >= 15 is 0 Å². The number of carbonyl (C=O) groups is 1. The van der Waals surface area contributed by atoms with Crippen LogP contribution in [0.15, 0.2) is 11.3 Å². The summed E-state index contributed by atoms with van der Waals surface area (Å²) in [7, 11) is 0. The molecule has 21 heavy (non-hydrogen) atoms. The zero-order valence-electron chi connectivity index (χ0n) is 11.9. The molecule has 0 aromatic rings. The van der Waals surface area contributed by atoms with Crippen LogP contribution in [0.25, 0.3) is 0 Å². The van der Waals surface area contributed by atoms with Crippen LogP contribution < -0.4 is 0 Å². The van der Waals surface area contributed by atoms with Crippen molar-refractivity contribution in [2.45, 2.75) is 44.9 Å². The number of likely N-dealkylation sites (tertiary alicyclic amines) is 1. The third-order valence-corrected chi connectivity index (χ3v) is 4.18. The first-order chi connectivity index (χ1) is 9.80. The normalized spacial score (nSPS) is 23.0. The van der Waals surface area contributed by atoms with Crippen molar-refractivity contribution in [3.05, 3.63) is 11.3 Å². The fourth-order valence-electron chi connectivity index (χ4n) is 2.87. The van der Waals surface area contributed by atoms with E-state index in [9.17, 15) is 23.1 Å². The molecule has 1 fully saturated rings. The smallest absolute Gasteiger partial charge is 0.414 e. The molecule has 1 amide bonds. The summed E-state index contributed by atoms with van der Waals surface area (Å²) in [6, 6.07) is 0. The van der Waals surface area contributed by atoms with Gasteiger partial charge in [-0.25, -0.2) is 0 Å². The SMILES string of the molecule is CC1=C(C(=O)N2CCC(C(O)C(F)(F)F)CC2)CCCO1. The number of amides is 1. The number of hydrogen-bond acceptors (Lipinski definition) is 3. The number of rotatable bonds is 2. The minimum Gasteiger partial charge on any atom is -0.498 e. The average molecular weight is 307 g/mol. The summed E-state index contributed by atoms with van der Waals surface area (Å²) in [6.45, 7) is 2.83. The van der Waals surface area contributed by atoms with E-state index in [1.54, 1.807) is 11.8 Å². The van der Waals surface area contributed by atoms with E-state index in [0.717, 1.165) is 6.42 Å². The van der Waals surface area contributed by atoms with Crippen LogP contribution >= 0.6 is 0 Å². The van der Waals surface area contributed by atoms with E-state index in [0.29, 0.717) is 24.4 Å². The van der Waals surface area contributed by atoms with Crippen molar-refractivity contribution < 1.29 is 27.8 Å². The molecule has 1 atom stereocenters. The molecule has 0 radical (unpaired) electrons. The molecule has 0 bridgehead atoms. The highest BCUT2D eigenvalue weighted by atomic mass is 19.4. The van der Waals surface area contributed by atoms with Gasteiger partial charge in [-0.05, 0) is 38.5 Å². The predicted molar refractivity (Wildman–Crippen MR) is 69.3 cm³/mol. The van der Waals surface area contributed by atoms with Crippen LogP contribution in [0.3, 0.4) is 0 Å². The van der Waals surface area contributed by atoms with E-state index in [-0.39, 0.29) is 31.8 Å². The van der Waals surface area contributed by atoms with Crippen LogP contribution in [0.5, 0.6) is 0 Å². The van der Waals surface area contributed by atoms with Gasteiger partial charge in [-0.1, -0.05) is 0 Å². The summed E-state index contributed by atoms with van der Waals surface area (Å²) in [4.78, 5) is 13.9. The zero-order chi connectivity index (χ0) is 15.6. The molecular formula is C14H20F3NO3. The number of aliphatic hydroxyl groups is 1. The second kappa shape index (κ2) is 6.25. The van der Waals surface area contributed by atoms with Gasteiger partial charge >= 0.3 is 6.18 Å². The lowest BCUT2D eigenvalue weighted by molar-refractivity contribution is -0.222. The van der Waals surface area contributed by atoms with E-state index in [1.807, 2.05) is 0 Å². The molecule has 1 N–H and O–H groups in total. The molecule has 1 unspecified atom stereocenters. The van der Waals surface area contributed by atoms with Crippen molar-refractivity contribution in [1.82, 2.24) is 4.90 Å². The number of halogens is 3. The summed E-state index contributed by atoms with van der Waals surface area (Å²) >= 11 is 0. The largest absolute Gasteiger partial charge is 0.498 e. The Balaban J connectivity index is 1.93. The van der Waals surface area contributed by atoms with Crippen LogP contribution in [-0.2, 0) is 9.53 Å². The molecule has 2 rings (SSSR count). The Morgan fingerprint density at radius 1 is 1.38 bits per heavy atom. The molecule has 0 saturated carbocycles. The Hall–Kier alpha value is -1.24. The van der Waals surface area contributed by atoms with Gasteiger partial charge in [0, 0.05) is 13.1 Å². The maximum absolute atomic E-state index is 12.5. The average Bonchev–Trinajstić information content (AvgIpc) is 2.45. The zero-order valence-corrected chi connectivity index (χ0v) is 11.9. The van der Waals surface area contributed by atoms with Crippen LogP contribution in [0.2, 0.25) is 0 Å². The van der Waals surface area contributed by atoms with Crippen LogP contribution in [0.4, 0.5) is 13.2 Å². The molecule has 0 aromatic carbocycles. The summed E-state index contributed by atoms with van der Waals surface area (Å²) in [6.07, 6.45) is -5.13. The number of piperidine rings is 1. The van der Waals surface area contributed by atoms with Crippen molar-refractivity contribution in [3.63, 3.8) is 0 Å². The van der Waals surface area contributed by atoms with Crippen LogP contribution in [0, 0.1) is 5.92 Å². The summed E-state index contributed by atoms with van der Waals surface area (Å²) < 4.78 is 42.8. The van der Waals surface area contributed by atoms with Gasteiger partial charge in [-0.2, -0.15) is 13.2 Å². The first-order valence-corrected chi connectivity index (χ1v) is 7.17. The van der Waals surface area contributed by atoms with Gasteiger partial charge in [-0.15, -0.1) is 0 Å². The lowest BCUT2D eigenvalue weighted by atomic mass is 9.90. The van der Waals surface area contributed by atoms with Gasteiger partial charge in [-0.3, -0.25) is 4.79 Å². The van der Waals surface area contributed by atoms with Crippen molar-refractivity contribution in [2.75, 3.05) is 19.7 Å². The lowest BCUT2D eigenvalue weighted by Crippen LogP contribution is -2.45. The number of nitrogens with zero attached hydrogens (tertiary/aromatic N) is 1. The summed E-state index contributed by atoms with van der Waals surface area (Å²) in [5.41, 5.74) is 0.621. The molecule has 7 heteroatoms. The van der Waals surface area contributed by atoms with E-state index < -0.39 is 18.2 Å². The molecule has 2 aliphatic rings. The summed E-state index contributed by atoms with van der Waals surface area (Å²) in [5, 5.41) is 9.27. The lowest BCUT2D eigenvalue weighted by Gasteiger charge is -2.35. The number of ether oxygens (including phenoxy) is 1. The van der Waals surface area contributed by atoms with Gasteiger partial charge < -0.3 is 14.7 Å². The standard InChI is InChI=1S/C14H20F3NO3/c1-9-11(3-2-8-21-9)13(20)18-6-4-10(5-7-18)12(19)14(15,16)17/h10,12,19H,2-8H2,1H3. The third kappa shape index (κ3) is 3.70. The number of allylic oxidation sites excluding steroid dienone is 1. The third-order valence-electron chi connectivity index (χ3n) is 4.18. The van der Waals surface area contributed by atoms with Gasteiger partial charge in [0.15, 0.2) is 6.10 Å². The molecule has 2 aliphatic heterocycles. The van der Waals surface area contributed by atoms with Gasteiger partial charge in [0.05, 0.1) is 12.2 Å². The van der Waals surface area contributed by atoms with Gasteiger partial charge in [0.1, 0.15) is 5.76 Å². The second-order valence-corrected chi connectivity index (χ2v) is 5.60. The van der Waals surface area contributed by atoms with E-state index in [1.165, 1.54) is 0 Å². The number of alkyl halides is 3. The topological polar surface area (TPSA) is 49.8 Å². The molecule has 4 nitrogen and oxygen atoms in total. The maximum Gasteiger partial charge on any atom is 0.414 e. The Labute approximate surface area is 121 Å². The Morgan fingerprint density at radius 2 is 2.00 bits per heavy atom. The maximum atomic E-state index is 12.5. The molecular weight excluding hydrogens is 287 g/mol. The molecule has 2 heterocycles. The van der Waals surface area contributed by atoms with Crippen molar-refractivity contribution in [1.29, 1.82) is 0 Å². The highest BCUT2D eigenvalue weighted by molar-refractivity contribution is 5.94. The van der Waals surface area contributed by atoms with E-state index in [4.69, 9.17) is 4.74 Å². The first-order valence-electron chi connectivity index (χ1n) is 7.17. The van der Waals surface area contributed by atoms with Gasteiger partial charge in [0.25, 0.3) is 5.91 Å². The minimum absolute atomic E-state index is 0.146. The number of hydrogen-bond donors (Lipinski definition) is 1. The number of carbonyl (C=O) groups excluding carboxylic acids is 1. The Morgan fingerprint density at radius 3 is 2.52 bits per heavy atom. The highest BCUT2D eigenvalue weighted by Crippen LogP contribution is 2.32. The van der Waals surface area contributed by atoms with Crippen molar-refractivity contribution >= 4 is 5.91 Å². The van der Waals surface area contributed by atoms with E-state index in [2.05, 4.69) is 0 Å². The monoisotopic (exact) mass is 307 g/mol. The van der Waals surface area contributed by atoms with Gasteiger partial charge in [0.2, 0.25) is 0 Å². The molecule has 0 aromatic heterocycles. The molecule has 0 spiro atoms. The quantitative estimate of drug-likeness (QED) is 0.851. The Bertz CT molecular complexity index is 426. The second-order valence-electron chi connectivity index (χ2n) is 5.60. The molecule has 0 aliphatic carbocycles. The summed E-state index contributed by atoms with van der Waals surface area (Å²) in [5.74, 6) is -0.359. The first kappa shape index (κ1) is 16.1. The molecule has 120 valence electrons. The molecule has 1 saturated heterocycles. The number of aliphatic hydroxyl groups excluding tert-OH is 1. The Kier molecular flexibility index (Phi) is 4.81.